The van der Waals surface area contributed by atoms with E-state index in [1.807, 2.05) is 12.1 Å². The van der Waals surface area contributed by atoms with Gasteiger partial charge in [-0.1, -0.05) is 41.3 Å². The SMILES string of the molecule is O=C1C(=O)N(CCCCBr)c2ccc(C3CCCCC3)cc21. The summed E-state index contributed by atoms with van der Waals surface area (Å²) in [5.74, 6) is -0.124. The van der Waals surface area contributed by atoms with Crippen LogP contribution in [-0.4, -0.2) is 23.6 Å². The number of fused-ring (bicyclic) bond motifs is 1. The number of rotatable bonds is 5. The first-order valence-electron chi connectivity index (χ1n) is 8.28. The van der Waals surface area contributed by atoms with Crippen LogP contribution in [0.25, 0.3) is 0 Å². The maximum absolute atomic E-state index is 12.3. The minimum absolute atomic E-state index is 0.327. The van der Waals surface area contributed by atoms with Crippen LogP contribution in [0.3, 0.4) is 0 Å². The van der Waals surface area contributed by atoms with Crippen molar-refractivity contribution >= 4 is 33.3 Å². The number of carbonyl (C=O) groups is 2. The van der Waals surface area contributed by atoms with Crippen LogP contribution < -0.4 is 4.90 Å². The summed E-state index contributed by atoms with van der Waals surface area (Å²) in [4.78, 5) is 26.1. The zero-order valence-electron chi connectivity index (χ0n) is 12.8. The number of hydrogen-bond donors (Lipinski definition) is 0. The number of Topliss-reactive ketones (excluding diaryl/α,β-unsaturated/α-hetero) is 1. The summed E-state index contributed by atoms with van der Waals surface area (Å²) in [7, 11) is 0. The molecule has 3 nitrogen and oxygen atoms in total. The number of nitrogens with zero attached hydrogens (tertiary/aromatic N) is 1. The van der Waals surface area contributed by atoms with Crippen LogP contribution in [0.15, 0.2) is 18.2 Å². The number of alkyl halides is 1. The topological polar surface area (TPSA) is 37.4 Å². The van der Waals surface area contributed by atoms with Crippen molar-refractivity contribution in [2.75, 3.05) is 16.8 Å². The van der Waals surface area contributed by atoms with Gasteiger partial charge in [0.1, 0.15) is 0 Å². The van der Waals surface area contributed by atoms with Gasteiger partial charge in [-0.3, -0.25) is 9.59 Å². The van der Waals surface area contributed by atoms with Gasteiger partial charge in [0.2, 0.25) is 0 Å². The molecular formula is C18H22BrNO2. The van der Waals surface area contributed by atoms with Gasteiger partial charge >= 0.3 is 0 Å². The van der Waals surface area contributed by atoms with E-state index in [2.05, 4.69) is 22.0 Å². The minimum Gasteiger partial charge on any atom is -0.305 e. The number of unbranched alkanes of at least 4 members (excludes halogenated alkanes) is 1. The molecule has 0 saturated heterocycles. The second-order valence-corrected chi connectivity index (χ2v) is 7.09. The van der Waals surface area contributed by atoms with Gasteiger partial charge in [-0.15, -0.1) is 0 Å². The molecule has 3 rings (SSSR count). The van der Waals surface area contributed by atoms with E-state index < -0.39 is 0 Å². The van der Waals surface area contributed by atoms with Crippen molar-refractivity contribution in [3.8, 4) is 0 Å². The summed E-state index contributed by atoms with van der Waals surface area (Å²) in [6.45, 7) is 0.631. The maximum Gasteiger partial charge on any atom is 0.299 e. The molecule has 0 N–H and O–H groups in total. The van der Waals surface area contributed by atoms with Crippen molar-refractivity contribution in [3.63, 3.8) is 0 Å². The number of carbonyl (C=O) groups excluding carboxylic acids is 2. The fourth-order valence-electron chi connectivity index (χ4n) is 3.59. The smallest absolute Gasteiger partial charge is 0.299 e. The molecule has 0 atom stereocenters. The first kappa shape index (κ1) is 15.7. The molecular weight excluding hydrogens is 342 g/mol. The third-order valence-electron chi connectivity index (χ3n) is 4.84. The van der Waals surface area contributed by atoms with E-state index in [1.54, 1.807) is 4.90 Å². The van der Waals surface area contributed by atoms with E-state index in [1.165, 1.54) is 37.7 Å². The molecule has 0 radical (unpaired) electrons. The van der Waals surface area contributed by atoms with E-state index >= 15 is 0 Å². The Morgan fingerprint density at radius 3 is 2.59 bits per heavy atom. The molecule has 0 aromatic heterocycles. The van der Waals surface area contributed by atoms with Gasteiger partial charge in [-0.05, 0) is 49.3 Å². The fourth-order valence-corrected chi connectivity index (χ4v) is 3.99. The average molecular weight is 364 g/mol. The van der Waals surface area contributed by atoms with E-state index in [9.17, 15) is 9.59 Å². The molecule has 0 unspecified atom stereocenters. The quantitative estimate of drug-likeness (QED) is 0.440. The minimum atomic E-state index is -0.356. The Balaban J connectivity index is 1.82. The van der Waals surface area contributed by atoms with Crippen LogP contribution in [0.5, 0.6) is 0 Å². The largest absolute Gasteiger partial charge is 0.305 e. The van der Waals surface area contributed by atoms with Crippen LogP contribution in [0, 0.1) is 0 Å². The van der Waals surface area contributed by atoms with E-state index in [0.29, 0.717) is 18.0 Å². The number of anilines is 1. The molecule has 1 heterocycles. The lowest BCUT2D eigenvalue weighted by Crippen LogP contribution is -2.30. The summed E-state index contributed by atoms with van der Waals surface area (Å²) in [6.07, 6.45) is 8.19. The highest BCUT2D eigenvalue weighted by Crippen LogP contribution is 2.37. The number of benzene rings is 1. The first-order chi connectivity index (χ1) is 10.7. The molecule has 1 fully saturated rings. The van der Waals surface area contributed by atoms with Crippen molar-refractivity contribution in [3.05, 3.63) is 29.3 Å². The number of amides is 1. The van der Waals surface area contributed by atoms with Gasteiger partial charge < -0.3 is 4.90 Å². The molecule has 0 bridgehead atoms. The Hall–Kier alpha value is -1.16. The Morgan fingerprint density at radius 1 is 1.09 bits per heavy atom. The molecule has 2 aliphatic rings. The van der Waals surface area contributed by atoms with Crippen molar-refractivity contribution < 1.29 is 9.59 Å². The van der Waals surface area contributed by atoms with Crippen LogP contribution in [0.1, 0.15) is 66.8 Å². The monoisotopic (exact) mass is 363 g/mol. The Kier molecular flexibility index (Phi) is 4.97. The van der Waals surface area contributed by atoms with E-state index in [0.717, 1.165) is 23.9 Å². The summed E-state index contributed by atoms with van der Waals surface area (Å²) in [6, 6.07) is 6.09. The van der Waals surface area contributed by atoms with Gasteiger partial charge in [-0.25, -0.2) is 0 Å². The molecule has 118 valence electrons. The summed E-state index contributed by atoms with van der Waals surface area (Å²) in [5, 5.41) is 0.927. The third kappa shape index (κ3) is 2.98. The molecule has 22 heavy (non-hydrogen) atoms. The van der Waals surface area contributed by atoms with Crippen LogP contribution in [0.4, 0.5) is 5.69 Å². The maximum atomic E-state index is 12.3. The highest BCUT2D eigenvalue weighted by atomic mass is 79.9. The second-order valence-electron chi connectivity index (χ2n) is 6.29. The molecule has 1 amide bonds. The Bertz CT molecular complexity index is 578. The van der Waals surface area contributed by atoms with E-state index in [4.69, 9.17) is 0 Å². The summed E-state index contributed by atoms with van der Waals surface area (Å²) in [5.41, 5.74) is 2.66. The Labute approximate surface area is 140 Å². The zero-order chi connectivity index (χ0) is 15.5. The molecule has 4 heteroatoms. The molecule has 1 aromatic rings. The second kappa shape index (κ2) is 6.95. The molecule has 1 aliphatic heterocycles. The summed E-state index contributed by atoms with van der Waals surface area (Å²) >= 11 is 3.40. The van der Waals surface area contributed by atoms with Gasteiger partial charge in [0.05, 0.1) is 11.3 Å². The number of ketones is 1. The van der Waals surface area contributed by atoms with Crippen molar-refractivity contribution in [1.29, 1.82) is 0 Å². The van der Waals surface area contributed by atoms with Gasteiger partial charge in [0.15, 0.2) is 0 Å². The molecule has 1 saturated carbocycles. The highest BCUT2D eigenvalue weighted by Gasteiger charge is 2.35. The molecule has 0 spiro atoms. The fraction of sp³-hybridized carbons (Fsp3) is 0.556. The highest BCUT2D eigenvalue weighted by molar-refractivity contribution is 9.09. The number of halogens is 1. The van der Waals surface area contributed by atoms with Crippen molar-refractivity contribution in [1.82, 2.24) is 0 Å². The van der Waals surface area contributed by atoms with Gasteiger partial charge in [0, 0.05) is 11.9 Å². The van der Waals surface area contributed by atoms with E-state index in [-0.39, 0.29) is 11.7 Å². The standard InChI is InChI=1S/C18H22BrNO2/c19-10-4-5-11-20-16-9-8-14(13-6-2-1-3-7-13)12-15(16)17(21)18(20)22/h8-9,12-13H,1-7,10-11H2. The van der Waals surface area contributed by atoms with Crippen LogP contribution in [-0.2, 0) is 4.79 Å². The van der Waals surface area contributed by atoms with Crippen molar-refractivity contribution in [2.45, 2.75) is 50.9 Å². The first-order valence-corrected chi connectivity index (χ1v) is 9.40. The Morgan fingerprint density at radius 2 is 1.86 bits per heavy atom. The predicted molar refractivity (Wildman–Crippen MR) is 92.0 cm³/mol. The van der Waals surface area contributed by atoms with Crippen molar-refractivity contribution in [2.24, 2.45) is 0 Å². The van der Waals surface area contributed by atoms with Gasteiger partial charge in [-0.2, -0.15) is 0 Å². The molecule has 1 aliphatic carbocycles. The van der Waals surface area contributed by atoms with Crippen LogP contribution >= 0.6 is 15.9 Å². The lowest BCUT2D eigenvalue weighted by atomic mass is 9.83. The average Bonchev–Trinajstić information content (AvgIpc) is 2.80. The lowest BCUT2D eigenvalue weighted by molar-refractivity contribution is -0.114. The summed E-state index contributed by atoms with van der Waals surface area (Å²) < 4.78 is 0. The van der Waals surface area contributed by atoms with Crippen LogP contribution in [0.2, 0.25) is 0 Å². The lowest BCUT2D eigenvalue weighted by Gasteiger charge is -2.23. The van der Waals surface area contributed by atoms with Gasteiger partial charge in [0.25, 0.3) is 11.7 Å². The molecule has 1 aromatic carbocycles. The normalized spacial score (nSPS) is 18.9. The zero-order valence-corrected chi connectivity index (χ0v) is 14.4. The third-order valence-corrected chi connectivity index (χ3v) is 5.40. The predicted octanol–water partition coefficient (Wildman–Crippen LogP) is 4.44. The number of hydrogen-bond acceptors (Lipinski definition) is 2.